The summed E-state index contributed by atoms with van der Waals surface area (Å²) in [6.07, 6.45) is 8.44. The van der Waals surface area contributed by atoms with E-state index in [1.807, 2.05) is 6.92 Å². The topological polar surface area (TPSA) is 41.1 Å². The molecule has 1 aliphatic rings. The zero-order valence-electron chi connectivity index (χ0n) is 11.6. The van der Waals surface area contributed by atoms with Gasteiger partial charge in [0.05, 0.1) is 6.04 Å². The van der Waals surface area contributed by atoms with E-state index in [1.54, 1.807) is 0 Å². The Hall–Kier alpha value is -0.570. The molecular formula is C14H28N2O. The summed E-state index contributed by atoms with van der Waals surface area (Å²) >= 11 is 0. The molecular weight excluding hydrogens is 212 g/mol. The van der Waals surface area contributed by atoms with Gasteiger partial charge in [-0.15, -0.1) is 0 Å². The van der Waals surface area contributed by atoms with Crippen molar-refractivity contribution in [3.63, 3.8) is 0 Å². The molecule has 3 nitrogen and oxygen atoms in total. The maximum atomic E-state index is 11.9. The number of hydrogen-bond acceptors (Lipinski definition) is 2. The van der Waals surface area contributed by atoms with Gasteiger partial charge in [0.15, 0.2) is 0 Å². The SMILES string of the molecule is CCCCCNC(=O)C(C)NC1(C)CCCC1. The van der Waals surface area contributed by atoms with Crippen LogP contribution in [-0.4, -0.2) is 24.0 Å². The van der Waals surface area contributed by atoms with Gasteiger partial charge >= 0.3 is 0 Å². The van der Waals surface area contributed by atoms with E-state index >= 15 is 0 Å². The molecule has 1 rings (SSSR count). The van der Waals surface area contributed by atoms with Gasteiger partial charge in [-0.1, -0.05) is 32.6 Å². The van der Waals surface area contributed by atoms with Crippen molar-refractivity contribution in [2.24, 2.45) is 0 Å². The van der Waals surface area contributed by atoms with Crippen molar-refractivity contribution in [1.29, 1.82) is 0 Å². The van der Waals surface area contributed by atoms with E-state index in [9.17, 15) is 4.79 Å². The van der Waals surface area contributed by atoms with Crippen LogP contribution in [-0.2, 0) is 4.79 Å². The number of amides is 1. The average molecular weight is 240 g/mol. The fraction of sp³-hybridized carbons (Fsp3) is 0.929. The predicted octanol–water partition coefficient (Wildman–Crippen LogP) is 2.60. The molecule has 1 unspecified atom stereocenters. The van der Waals surface area contributed by atoms with Gasteiger partial charge in [0.2, 0.25) is 5.91 Å². The Balaban J connectivity index is 2.22. The summed E-state index contributed by atoms with van der Waals surface area (Å²) < 4.78 is 0. The maximum absolute atomic E-state index is 11.9. The molecule has 0 saturated heterocycles. The van der Waals surface area contributed by atoms with Crippen LogP contribution >= 0.6 is 0 Å². The number of hydrogen-bond donors (Lipinski definition) is 2. The van der Waals surface area contributed by atoms with Gasteiger partial charge in [-0.3, -0.25) is 4.79 Å². The fourth-order valence-corrected chi connectivity index (χ4v) is 2.63. The monoisotopic (exact) mass is 240 g/mol. The van der Waals surface area contributed by atoms with E-state index in [0.29, 0.717) is 0 Å². The first-order valence-electron chi connectivity index (χ1n) is 7.13. The highest BCUT2D eigenvalue weighted by atomic mass is 16.2. The van der Waals surface area contributed by atoms with E-state index in [0.717, 1.165) is 13.0 Å². The molecule has 0 aromatic heterocycles. The summed E-state index contributed by atoms with van der Waals surface area (Å²) in [4.78, 5) is 11.9. The standard InChI is InChI=1S/C14H28N2O/c1-4-5-8-11-15-13(17)12(2)16-14(3)9-6-7-10-14/h12,16H,4-11H2,1-3H3,(H,15,17). The van der Waals surface area contributed by atoms with E-state index in [2.05, 4.69) is 24.5 Å². The van der Waals surface area contributed by atoms with Gasteiger partial charge in [-0.2, -0.15) is 0 Å². The number of rotatable bonds is 7. The molecule has 1 aliphatic carbocycles. The number of nitrogens with one attached hydrogen (secondary N) is 2. The lowest BCUT2D eigenvalue weighted by Gasteiger charge is -2.29. The lowest BCUT2D eigenvalue weighted by molar-refractivity contribution is -0.123. The van der Waals surface area contributed by atoms with Crippen LogP contribution < -0.4 is 10.6 Å². The van der Waals surface area contributed by atoms with Crippen LogP contribution in [0.4, 0.5) is 0 Å². The number of unbranched alkanes of at least 4 members (excludes halogenated alkanes) is 2. The van der Waals surface area contributed by atoms with Gasteiger partial charge in [-0.25, -0.2) is 0 Å². The first-order valence-corrected chi connectivity index (χ1v) is 7.13. The van der Waals surface area contributed by atoms with Crippen LogP contribution in [0.5, 0.6) is 0 Å². The Morgan fingerprint density at radius 2 is 1.94 bits per heavy atom. The summed E-state index contributed by atoms with van der Waals surface area (Å²) in [5.41, 5.74) is 0.181. The second kappa shape index (κ2) is 7.00. The van der Waals surface area contributed by atoms with Crippen molar-refractivity contribution in [2.75, 3.05) is 6.54 Å². The molecule has 3 heteroatoms. The number of carbonyl (C=O) groups is 1. The van der Waals surface area contributed by atoms with Crippen LogP contribution in [0, 0.1) is 0 Å². The molecule has 2 N–H and O–H groups in total. The van der Waals surface area contributed by atoms with Crippen molar-refractivity contribution in [2.45, 2.75) is 77.3 Å². The molecule has 0 aliphatic heterocycles. The van der Waals surface area contributed by atoms with E-state index < -0.39 is 0 Å². The van der Waals surface area contributed by atoms with Crippen LogP contribution in [0.25, 0.3) is 0 Å². The lowest BCUT2D eigenvalue weighted by Crippen LogP contribution is -2.51. The van der Waals surface area contributed by atoms with E-state index in [4.69, 9.17) is 0 Å². The highest BCUT2D eigenvalue weighted by Gasteiger charge is 2.31. The molecule has 0 aromatic carbocycles. The minimum absolute atomic E-state index is 0.0697. The van der Waals surface area contributed by atoms with E-state index in [1.165, 1.54) is 38.5 Å². The summed E-state index contributed by atoms with van der Waals surface area (Å²) in [7, 11) is 0. The van der Waals surface area contributed by atoms with Crippen LogP contribution in [0.3, 0.4) is 0 Å². The summed E-state index contributed by atoms with van der Waals surface area (Å²) in [6, 6.07) is -0.0697. The van der Waals surface area contributed by atoms with Crippen LogP contribution in [0.2, 0.25) is 0 Å². The molecule has 17 heavy (non-hydrogen) atoms. The highest BCUT2D eigenvalue weighted by Crippen LogP contribution is 2.29. The normalized spacial score (nSPS) is 20.2. The van der Waals surface area contributed by atoms with Crippen molar-refractivity contribution in [3.05, 3.63) is 0 Å². The molecule has 1 amide bonds. The molecule has 0 spiro atoms. The highest BCUT2D eigenvalue weighted by molar-refractivity contribution is 5.81. The molecule has 0 aromatic rings. The van der Waals surface area contributed by atoms with E-state index in [-0.39, 0.29) is 17.5 Å². The predicted molar refractivity (Wildman–Crippen MR) is 72.0 cm³/mol. The lowest BCUT2D eigenvalue weighted by atomic mass is 9.99. The average Bonchev–Trinajstić information content (AvgIpc) is 2.70. The molecule has 100 valence electrons. The van der Waals surface area contributed by atoms with Crippen LogP contribution in [0.1, 0.15) is 65.7 Å². The first-order chi connectivity index (χ1) is 8.07. The Kier molecular flexibility index (Phi) is 5.96. The van der Waals surface area contributed by atoms with Crippen molar-refractivity contribution in [1.82, 2.24) is 10.6 Å². The summed E-state index contributed by atoms with van der Waals surface area (Å²) in [5, 5.41) is 6.49. The Morgan fingerprint density at radius 1 is 1.29 bits per heavy atom. The quantitative estimate of drug-likeness (QED) is 0.672. The zero-order chi connectivity index (χ0) is 12.7. The zero-order valence-corrected chi connectivity index (χ0v) is 11.6. The first kappa shape index (κ1) is 14.5. The molecule has 0 heterocycles. The molecule has 1 atom stereocenters. The van der Waals surface area contributed by atoms with Gasteiger partial charge in [0, 0.05) is 12.1 Å². The molecule has 1 saturated carbocycles. The van der Waals surface area contributed by atoms with Gasteiger partial charge in [0.25, 0.3) is 0 Å². The molecule has 0 radical (unpaired) electrons. The second-order valence-corrected chi connectivity index (χ2v) is 5.63. The Bertz CT molecular complexity index is 234. The minimum atomic E-state index is -0.0697. The fourth-order valence-electron chi connectivity index (χ4n) is 2.63. The van der Waals surface area contributed by atoms with Crippen molar-refractivity contribution < 1.29 is 4.79 Å². The van der Waals surface area contributed by atoms with Gasteiger partial charge in [-0.05, 0) is 33.1 Å². The number of carbonyl (C=O) groups excluding carboxylic acids is 1. The largest absolute Gasteiger partial charge is 0.355 e. The van der Waals surface area contributed by atoms with Gasteiger partial charge in [0.1, 0.15) is 0 Å². The van der Waals surface area contributed by atoms with Crippen molar-refractivity contribution >= 4 is 5.91 Å². The third-order valence-electron chi connectivity index (χ3n) is 3.74. The van der Waals surface area contributed by atoms with Crippen molar-refractivity contribution in [3.8, 4) is 0 Å². The van der Waals surface area contributed by atoms with Crippen LogP contribution in [0.15, 0.2) is 0 Å². The molecule has 1 fully saturated rings. The summed E-state index contributed by atoms with van der Waals surface area (Å²) in [6.45, 7) is 7.20. The maximum Gasteiger partial charge on any atom is 0.236 e. The second-order valence-electron chi connectivity index (χ2n) is 5.63. The molecule has 0 bridgehead atoms. The van der Waals surface area contributed by atoms with Gasteiger partial charge < -0.3 is 10.6 Å². The third kappa shape index (κ3) is 5.07. The minimum Gasteiger partial charge on any atom is -0.355 e. The smallest absolute Gasteiger partial charge is 0.236 e. The third-order valence-corrected chi connectivity index (χ3v) is 3.74. The summed E-state index contributed by atoms with van der Waals surface area (Å²) in [5.74, 6) is 0.147. The Morgan fingerprint density at radius 3 is 2.53 bits per heavy atom. The Labute approximate surface area is 106 Å².